The van der Waals surface area contributed by atoms with E-state index in [1.165, 1.54) is 13.2 Å². The average Bonchev–Trinajstić information content (AvgIpc) is 2.56. The molecule has 1 amide bonds. The number of carbonyl (C=O) groups is 2. The first kappa shape index (κ1) is 18.6. The molecule has 0 spiro atoms. The summed E-state index contributed by atoms with van der Waals surface area (Å²) >= 11 is 17.8. The molecule has 0 aliphatic heterocycles. The molecular weight excluding hydrogens is 373 g/mol. The van der Waals surface area contributed by atoms with Gasteiger partial charge in [-0.15, -0.1) is 0 Å². The number of carbonyl (C=O) groups excluding carboxylic acids is 2. The molecule has 24 heavy (non-hydrogen) atoms. The topological polar surface area (TPSA) is 55.4 Å². The Morgan fingerprint density at radius 3 is 2.38 bits per heavy atom. The lowest BCUT2D eigenvalue weighted by atomic mass is 10.1. The Hall–Kier alpha value is -1.75. The van der Waals surface area contributed by atoms with Crippen molar-refractivity contribution in [2.45, 2.75) is 12.8 Å². The van der Waals surface area contributed by atoms with Gasteiger partial charge >= 0.3 is 0 Å². The van der Waals surface area contributed by atoms with E-state index >= 15 is 0 Å². The number of benzene rings is 2. The molecule has 0 bridgehead atoms. The van der Waals surface area contributed by atoms with Crippen LogP contribution in [0.4, 0.5) is 5.69 Å². The van der Waals surface area contributed by atoms with E-state index in [-0.39, 0.29) is 24.5 Å². The molecule has 0 saturated heterocycles. The maximum Gasteiger partial charge on any atom is 0.224 e. The van der Waals surface area contributed by atoms with Crippen LogP contribution in [0.5, 0.6) is 5.75 Å². The minimum atomic E-state index is -0.339. The Labute approximate surface area is 154 Å². The normalized spacial score (nSPS) is 10.3. The molecule has 0 atom stereocenters. The van der Waals surface area contributed by atoms with Crippen LogP contribution in [0.25, 0.3) is 0 Å². The van der Waals surface area contributed by atoms with Gasteiger partial charge in [-0.05, 0) is 36.4 Å². The van der Waals surface area contributed by atoms with E-state index in [1.54, 1.807) is 30.3 Å². The summed E-state index contributed by atoms with van der Waals surface area (Å²) in [4.78, 5) is 24.3. The number of methoxy groups -OCH3 is 1. The summed E-state index contributed by atoms with van der Waals surface area (Å²) in [5, 5.41) is 3.88. The molecule has 0 unspecified atom stereocenters. The van der Waals surface area contributed by atoms with Crippen molar-refractivity contribution in [1.29, 1.82) is 0 Å². The summed E-state index contributed by atoms with van der Waals surface area (Å²) in [5.41, 5.74) is 0.750. The maximum absolute atomic E-state index is 12.3. The monoisotopic (exact) mass is 385 g/mol. The standard InChI is InChI=1S/C17H14Cl3NO3/c1-24-16-6-3-10(18)8-12(16)15(22)5-7-17(23)21-14-9-11(19)2-4-13(14)20/h2-4,6,8-9H,5,7H2,1H3,(H,21,23). The third kappa shape index (κ3) is 4.87. The number of amides is 1. The summed E-state index contributed by atoms with van der Waals surface area (Å²) in [5.74, 6) is -0.155. The Morgan fingerprint density at radius 1 is 1.00 bits per heavy atom. The summed E-state index contributed by atoms with van der Waals surface area (Å²) in [7, 11) is 1.47. The molecule has 0 aliphatic rings. The lowest BCUT2D eigenvalue weighted by Crippen LogP contribution is -2.14. The van der Waals surface area contributed by atoms with E-state index in [0.717, 1.165) is 0 Å². The minimum absolute atomic E-state index is 0.00264. The molecule has 7 heteroatoms. The summed E-state index contributed by atoms with van der Waals surface area (Å²) in [6.45, 7) is 0. The van der Waals surface area contributed by atoms with Crippen molar-refractivity contribution in [2.75, 3.05) is 12.4 Å². The second-order valence-corrected chi connectivity index (χ2v) is 6.22. The van der Waals surface area contributed by atoms with Crippen LogP contribution in [0.3, 0.4) is 0 Å². The summed E-state index contributed by atoms with van der Waals surface area (Å²) in [6.07, 6.45) is 0.0120. The highest BCUT2D eigenvalue weighted by atomic mass is 35.5. The second kappa shape index (κ2) is 8.38. The molecule has 0 radical (unpaired) electrons. The number of anilines is 1. The van der Waals surface area contributed by atoms with Crippen LogP contribution in [-0.2, 0) is 4.79 Å². The van der Waals surface area contributed by atoms with Gasteiger partial charge in [-0.25, -0.2) is 0 Å². The number of ether oxygens (including phenoxy) is 1. The van der Waals surface area contributed by atoms with Crippen LogP contribution in [-0.4, -0.2) is 18.8 Å². The number of nitrogens with one attached hydrogen (secondary N) is 1. The fraction of sp³-hybridized carbons (Fsp3) is 0.176. The van der Waals surface area contributed by atoms with Gasteiger partial charge in [0.2, 0.25) is 5.91 Å². The van der Waals surface area contributed by atoms with Crippen LogP contribution >= 0.6 is 34.8 Å². The van der Waals surface area contributed by atoms with Crippen LogP contribution < -0.4 is 10.1 Å². The summed E-state index contributed by atoms with van der Waals surface area (Å²) < 4.78 is 5.14. The van der Waals surface area contributed by atoms with Crippen molar-refractivity contribution in [3.05, 3.63) is 57.0 Å². The number of Topliss-reactive ketones (excluding diaryl/α,β-unsaturated/α-hetero) is 1. The predicted octanol–water partition coefficient (Wildman–Crippen LogP) is 5.26. The van der Waals surface area contributed by atoms with E-state index in [4.69, 9.17) is 39.5 Å². The molecule has 2 aromatic carbocycles. The third-order valence-corrected chi connectivity index (χ3v) is 4.04. The van der Waals surface area contributed by atoms with Crippen molar-refractivity contribution in [3.63, 3.8) is 0 Å². The Balaban J connectivity index is 2.00. The van der Waals surface area contributed by atoms with Gasteiger partial charge in [-0.3, -0.25) is 9.59 Å². The fourth-order valence-corrected chi connectivity index (χ4v) is 2.57. The Morgan fingerprint density at radius 2 is 1.67 bits per heavy atom. The van der Waals surface area contributed by atoms with E-state index in [1.807, 2.05) is 0 Å². The van der Waals surface area contributed by atoms with Gasteiger partial charge < -0.3 is 10.1 Å². The van der Waals surface area contributed by atoms with Gasteiger partial charge in [-0.2, -0.15) is 0 Å². The van der Waals surface area contributed by atoms with Crippen LogP contribution in [0, 0.1) is 0 Å². The Kier molecular flexibility index (Phi) is 6.49. The van der Waals surface area contributed by atoms with Crippen molar-refractivity contribution in [2.24, 2.45) is 0 Å². The van der Waals surface area contributed by atoms with E-state index in [9.17, 15) is 9.59 Å². The van der Waals surface area contributed by atoms with E-state index < -0.39 is 0 Å². The number of hydrogen-bond donors (Lipinski definition) is 1. The first-order valence-corrected chi connectivity index (χ1v) is 8.15. The van der Waals surface area contributed by atoms with Crippen LogP contribution in [0.1, 0.15) is 23.2 Å². The lowest BCUT2D eigenvalue weighted by molar-refractivity contribution is -0.116. The quantitative estimate of drug-likeness (QED) is 0.689. The maximum atomic E-state index is 12.3. The van der Waals surface area contributed by atoms with Gasteiger partial charge in [0.15, 0.2) is 5.78 Å². The first-order chi connectivity index (χ1) is 11.4. The van der Waals surface area contributed by atoms with Gasteiger partial charge in [0.1, 0.15) is 5.75 Å². The molecule has 0 aromatic heterocycles. The highest BCUT2D eigenvalue weighted by Crippen LogP contribution is 2.26. The molecule has 0 heterocycles. The van der Waals surface area contributed by atoms with Crippen molar-refractivity contribution in [1.82, 2.24) is 0 Å². The second-order valence-electron chi connectivity index (χ2n) is 4.94. The number of rotatable bonds is 6. The number of halogens is 3. The minimum Gasteiger partial charge on any atom is -0.496 e. The van der Waals surface area contributed by atoms with Gasteiger partial charge in [0, 0.05) is 22.9 Å². The average molecular weight is 387 g/mol. The molecule has 2 rings (SSSR count). The SMILES string of the molecule is COc1ccc(Cl)cc1C(=O)CCC(=O)Nc1cc(Cl)ccc1Cl. The van der Waals surface area contributed by atoms with Crippen molar-refractivity contribution < 1.29 is 14.3 Å². The zero-order valence-corrected chi connectivity index (χ0v) is 15.0. The van der Waals surface area contributed by atoms with Gasteiger partial charge in [-0.1, -0.05) is 34.8 Å². The highest BCUT2D eigenvalue weighted by molar-refractivity contribution is 6.35. The Bertz CT molecular complexity index is 778. The largest absolute Gasteiger partial charge is 0.496 e. The third-order valence-electron chi connectivity index (χ3n) is 3.24. The summed E-state index contributed by atoms with van der Waals surface area (Å²) in [6, 6.07) is 9.51. The van der Waals surface area contributed by atoms with Crippen molar-refractivity contribution >= 4 is 52.2 Å². The number of ketones is 1. The first-order valence-electron chi connectivity index (χ1n) is 7.02. The van der Waals surface area contributed by atoms with E-state index in [2.05, 4.69) is 5.32 Å². The molecular formula is C17H14Cl3NO3. The van der Waals surface area contributed by atoms with Gasteiger partial charge in [0.25, 0.3) is 0 Å². The van der Waals surface area contributed by atoms with Crippen LogP contribution in [0.15, 0.2) is 36.4 Å². The molecule has 0 fully saturated rings. The van der Waals surface area contributed by atoms with Crippen molar-refractivity contribution in [3.8, 4) is 5.75 Å². The molecule has 126 valence electrons. The molecule has 2 aromatic rings. The number of hydrogen-bond acceptors (Lipinski definition) is 3. The smallest absolute Gasteiger partial charge is 0.224 e. The zero-order chi connectivity index (χ0) is 17.7. The molecule has 1 N–H and O–H groups in total. The predicted molar refractivity (Wildman–Crippen MR) is 96.7 cm³/mol. The molecule has 0 saturated carbocycles. The van der Waals surface area contributed by atoms with Crippen LogP contribution in [0.2, 0.25) is 15.1 Å². The molecule has 4 nitrogen and oxygen atoms in total. The molecule has 0 aliphatic carbocycles. The van der Waals surface area contributed by atoms with Gasteiger partial charge in [0.05, 0.1) is 23.4 Å². The fourth-order valence-electron chi connectivity index (χ4n) is 2.07. The van der Waals surface area contributed by atoms with E-state index in [0.29, 0.717) is 32.1 Å². The zero-order valence-electron chi connectivity index (χ0n) is 12.7. The lowest BCUT2D eigenvalue weighted by Gasteiger charge is -2.09. The highest BCUT2D eigenvalue weighted by Gasteiger charge is 2.15.